The molecule has 3 nitrogen and oxygen atoms in total. The maximum absolute atomic E-state index is 9.00. The van der Waals surface area contributed by atoms with Crippen molar-refractivity contribution in [2.45, 2.75) is 19.1 Å². The van der Waals surface area contributed by atoms with Crippen LogP contribution in [0.4, 0.5) is 0 Å². The summed E-state index contributed by atoms with van der Waals surface area (Å²) in [7, 11) is 0. The van der Waals surface area contributed by atoms with Gasteiger partial charge in [-0.3, -0.25) is 0 Å². The molecule has 10 heavy (non-hydrogen) atoms. The van der Waals surface area contributed by atoms with Crippen LogP contribution in [0.15, 0.2) is 12.7 Å². The molecule has 2 atom stereocenters. The Balaban J connectivity index is 3.67. The largest absolute Gasteiger partial charge is 0.394 e. The van der Waals surface area contributed by atoms with Crippen LogP contribution in [0.2, 0.25) is 0 Å². The van der Waals surface area contributed by atoms with Crippen LogP contribution in [-0.4, -0.2) is 35.6 Å². The smallest absolute Gasteiger partial charge is 0.107 e. The van der Waals surface area contributed by atoms with E-state index in [-0.39, 0.29) is 6.61 Å². The first-order valence-corrected chi connectivity index (χ1v) is 3.29. The third kappa shape index (κ3) is 2.96. The van der Waals surface area contributed by atoms with Gasteiger partial charge < -0.3 is 14.9 Å². The number of ether oxygens (including phenoxy) is 1. The Kier molecular flexibility index (Phi) is 5.20. The molecule has 0 aromatic heterocycles. The van der Waals surface area contributed by atoms with Crippen molar-refractivity contribution in [3.8, 4) is 0 Å². The highest BCUT2D eigenvalue weighted by Crippen LogP contribution is 1.99. The normalized spacial score (nSPS) is 16.3. The molecule has 0 saturated heterocycles. The fourth-order valence-corrected chi connectivity index (χ4v) is 0.633. The molecule has 0 heterocycles. The Morgan fingerprint density at radius 2 is 2.30 bits per heavy atom. The second-order valence-electron chi connectivity index (χ2n) is 1.91. The Bertz CT molecular complexity index is 92.9. The van der Waals surface area contributed by atoms with E-state index in [0.717, 1.165) is 0 Å². The predicted octanol–water partition coefficient (Wildman–Crippen LogP) is -0.0693. The molecule has 3 heteroatoms. The fraction of sp³-hybridized carbons (Fsp3) is 0.714. The minimum absolute atomic E-state index is 0.295. The van der Waals surface area contributed by atoms with E-state index in [9.17, 15) is 0 Å². The van der Waals surface area contributed by atoms with Crippen molar-refractivity contribution in [1.82, 2.24) is 0 Å². The van der Waals surface area contributed by atoms with E-state index in [1.54, 1.807) is 0 Å². The van der Waals surface area contributed by atoms with Gasteiger partial charge in [0.05, 0.1) is 6.61 Å². The average molecular weight is 146 g/mol. The summed E-state index contributed by atoms with van der Waals surface area (Å²) in [6, 6.07) is 0. The number of rotatable bonds is 5. The van der Waals surface area contributed by atoms with Gasteiger partial charge in [0, 0.05) is 6.61 Å². The Labute approximate surface area is 60.9 Å². The third-order valence-corrected chi connectivity index (χ3v) is 1.16. The summed E-state index contributed by atoms with van der Waals surface area (Å²) in [5.41, 5.74) is 0. The molecule has 0 radical (unpaired) electrons. The number of hydrogen-bond acceptors (Lipinski definition) is 3. The molecular weight excluding hydrogens is 132 g/mol. The second-order valence-corrected chi connectivity index (χ2v) is 1.91. The van der Waals surface area contributed by atoms with Crippen molar-refractivity contribution in [3.05, 3.63) is 12.7 Å². The van der Waals surface area contributed by atoms with Crippen molar-refractivity contribution in [2.75, 3.05) is 13.2 Å². The number of aliphatic hydroxyl groups excluding tert-OH is 2. The minimum Gasteiger partial charge on any atom is -0.394 e. The van der Waals surface area contributed by atoms with Gasteiger partial charge in [0.1, 0.15) is 12.2 Å². The van der Waals surface area contributed by atoms with Gasteiger partial charge in [-0.1, -0.05) is 6.08 Å². The molecule has 0 bridgehead atoms. The van der Waals surface area contributed by atoms with Crippen LogP contribution in [-0.2, 0) is 4.74 Å². The van der Waals surface area contributed by atoms with Gasteiger partial charge in [0.25, 0.3) is 0 Å². The van der Waals surface area contributed by atoms with Gasteiger partial charge in [-0.05, 0) is 6.92 Å². The third-order valence-electron chi connectivity index (χ3n) is 1.16. The standard InChI is InChI=1S/C7H14O3/c1-3-7(10-4-2)6(9)5-8/h3,6-9H,1,4-5H2,2H3/t6?,7-/m1/s1. The van der Waals surface area contributed by atoms with Crippen LogP contribution < -0.4 is 0 Å². The fourth-order valence-electron chi connectivity index (χ4n) is 0.633. The van der Waals surface area contributed by atoms with E-state index in [2.05, 4.69) is 6.58 Å². The van der Waals surface area contributed by atoms with Gasteiger partial charge in [-0.15, -0.1) is 6.58 Å². The predicted molar refractivity (Wildman–Crippen MR) is 38.7 cm³/mol. The van der Waals surface area contributed by atoms with E-state index in [1.807, 2.05) is 6.92 Å². The van der Waals surface area contributed by atoms with E-state index in [0.29, 0.717) is 6.61 Å². The molecular formula is C7H14O3. The average Bonchev–Trinajstić information content (AvgIpc) is 1.99. The summed E-state index contributed by atoms with van der Waals surface area (Å²) in [6.45, 7) is 5.49. The van der Waals surface area contributed by atoms with E-state index in [1.165, 1.54) is 6.08 Å². The topological polar surface area (TPSA) is 49.7 Å². The molecule has 2 N–H and O–H groups in total. The summed E-state index contributed by atoms with van der Waals surface area (Å²) in [4.78, 5) is 0. The van der Waals surface area contributed by atoms with Crippen LogP contribution in [0.25, 0.3) is 0 Å². The van der Waals surface area contributed by atoms with Crippen molar-refractivity contribution in [2.24, 2.45) is 0 Å². The van der Waals surface area contributed by atoms with Crippen LogP contribution in [0, 0.1) is 0 Å². The summed E-state index contributed by atoms with van der Waals surface area (Å²) in [6.07, 6.45) is 0.178. The lowest BCUT2D eigenvalue weighted by Crippen LogP contribution is -2.30. The van der Waals surface area contributed by atoms with E-state index < -0.39 is 12.2 Å². The molecule has 0 fully saturated rings. The van der Waals surface area contributed by atoms with Crippen molar-refractivity contribution < 1.29 is 14.9 Å². The number of hydrogen-bond donors (Lipinski definition) is 2. The summed E-state index contributed by atoms with van der Waals surface area (Å²) in [5.74, 6) is 0. The first-order chi connectivity index (χ1) is 4.76. The molecule has 0 saturated carbocycles. The zero-order chi connectivity index (χ0) is 7.98. The van der Waals surface area contributed by atoms with Crippen molar-refractivity contribution in [3.63, 3.8) is 0 Å². The molecule has 0 rings (SSSR count). The monoisotopic (exact) mass is 146 g/mol. The van der Waals surface area contributed by atoms with Gasteiger partial charge in [-0.25, -0.2) is 0 Å². The zero-order valence-corrected chi connectivity index (χ0v) is 6.16. The van der Waals surface area contributed by atoms with Crippen molar-refractivity contribution in [1.29, 1.82) is 0 Å². The van der Waals surface area contributed by atoms with Crippen LogP contribution in [0.1, 0.15) is 6.92 Å². The molecule has 60 valence electrons. The number of aliphatic hydroxyl groups is 2. The van der Waals surface area contributed by atoms with Gasteiger partial charge in [0.15, 0.2) is 0 Å². The maximum Gasteiger partial charge on any atom is 0.107 e. The van der Waals surface area contributed by atoms with Gasteiger partial charge in [0.2, 0.25) is 0 Å². The first kappa shape index (κ1) is 9.62. The Morgan fingerprint density at radius 3 is 2.60 bits per heavy atom. The zero-order valence-electron chi connectivity index (χ0n) is 6.16. The Morgan fingerprint density at radius 1 is 1.70 bits per heavy atom. The Hall–Kier alpha value is -0.380. The maximum atomic E-state index is 9.00. The highest BCUT2D eigenvalue weighted by Gasteiger charge is 2.13. The van der Waals surface area contributed by atoms with Gasteiger partial charge in [-0.2, -0.15) is 0 Å². The van der Waals surface area contributed by atoms with E-state index in [4.69, 9.17) is 14.9 Å². The van der Waals surface area contributed by atoms with Crippen LogP contribution in [0.5, 0.6) is 0 Å². The van der Waals surface area contributed by atoms with Crippen molar-refractivity contribution >= 4 is 0 Å². The molecule has 0 aliphatic rings. The molecule has 1 unspecified atom stereocenters. The molecule has 0 spiro atoms. The lowest BCUT2D eigenvalue weighted by atomic mass is 10.2. The highest BCUT2D eigenvalue weighted by atomic mass is 16.5. The van der Waals surface area contributed by atoms with Gasteiger partial charge >= 0.3 is 0 Å². The van der Waals surface area contributed by atoms with E-state index >= 15 is 0 Å². The SMILES string of the molecule is C=C[C@@H](OCC)C(O)CO. The first-order valence-electron chi connectivity index (χ1n) is 3.29. The summed E-state index contributed by atoms with van der Waals surface area (Å²) >= 11 is 0. The summed E-state index contributed by atoms with van der Waals surface area (Å²) < 4.78 is 5.02. The molecule has 0 aliphatic carbocycles. The molecule has 0 amide bonds. The second kappa shape index (κ2) is 5.41. The lowest BCUT2D eigenvalue weighted by Gasteiger charge is -2.16. The molecule has 0 aromatic rings. The summed E-state index contributed by atoms with van der Waals surface area (Å²) in [5, 5.41) is 17.5. The highest BCUT2D eigenvalue weighted by molar-refractivity contribution is 4.85. The molecule has 0 aliphatic heterocycles. The molecule has 0 aromatic carbocycles. The van der Waals surface area contributed by atoms with Crippen LogP contribution in [0.3, 0.4) is 0 Å². The quantitative estimate of drug-likeness (QED) is 0.534. The minimum atomic E-state index is -0.850. The van der Waals surface area contributed by atoms with Crippen LogP contribution >= 0.6 is 0 Å². The lowest BCUT2D eigenvalue weighted by molar-refractivity contribution is -0.0294.